The third kappa shape index (κ3) is 3.04. The van der Waals surface area contributed by atoms with Gasteiger partial charge in [0.25, 0.3) is 11.5 Å². The number of nitrogens with one attached hydrogen (secondary N) is 1. The number of aromatic nitrogens is 3. The van der Waals surface area contributed by atoms with Crippen LogP contribution in [0.15, 0.2) is 41.8 Å². The van der Waals surface area contributed by atoms with Gasteiger partial charge in [-0.1, -0.05) is 0 Å². The van der Waals surface area contributed by atoms with E-state index in [1.807, 2.05) is 12.5 Å². The first-order chi connectivity index (χ1) is 10.2. The first-order valence-electron chi connectivity index (χ1n) is 7.17. The summed E-state index contributed by atoms with van der Waals surface area (Å²) in [5, 5.41) is 0. The number of pyridine rings is 1. The van der Waals surface area contributed by atoms with Crippen LogP contribution < -0.4 is 5.56 Å². The highest BCUT2D eigenvalue weighted by Gasteiger charge is 2.24. The number of rotatable bonds is 3. The van der Waals surface area contributed by atoms with E-state index in [0.29, 0.717) is 19.0 Å². The van der Waals surface area contributed by atoms with Crippen LogP contribution in [0.2, 0.25) is 0 Å². The van der Waals surface area contributed by atoms with E-state index in [4.69, 9.17) is 0 Å². The Morgan fingerprint density at radius 3 is 2.86 bits per heavy atom. The fraction of sp³-hybridized carbons (Fsp3) is 0.400. The normalized spacial score (nSPS) is 16.1. The third-order valence-electron chi connectivity index (χ3n) is 3.98. The molecule has 2 aromatic rings. The highest BCUT2D eigenvalue weighted by Crippen LogP contribution is 2.20. The molecule has 2 aromatic heterocycles. The number of hydrogen-bond acceptors (Lipinski definition) is 3. The molecule has 0 aliphatic carbocycles. The van der Waals surface area contributed by atoms with Crippen molar-refractivity contribution < 1.29 is 4.79 Å². The number of carbonyl (C=O) groups excluding carboxylic acids is 1. The van der Waals surface area contributed by atoms with E-state index in [1.54, 1.807) is 23.2 Å². The van der Waals surface area contributed by atoms with Gasteiger partial charge < -0.3 is 14.5 Å². The predicted molar refractivity (Wildman–Crippen MR) is 77.9 cm³/mol. The van der Waals surface area contributed by atoms with E-state index >= 15 is 0 Å². The zero-order valence-corrected chi connectivity index (χ0v) is 11.7. The van der Waals surface area contributed by atoms with E-state index in [1.165, 1.54) is 6.20 Å². The summed E-state index contributed by atoms with van der Waals surface area (Å²) >= 11 is 0. The summed E-state index contributed by atoms with van der Waals surface area (Å²) in [6, 6.07) is 3.26. The second kappa shape index (κ2) is 5.95. The lowest BCUT2D eigenvalue weighted by atomic mass is 9.96. The van der Waals surface area contributed by atoms with Crippen LogP contribution in [0.1, 0.15) is 23.2 Å². The highest BCUT2D eigenvalue weighted by molar-refractivity contribution is 5.93. The molecule has 1 saturated heterocycles. The molecular weight excluding hydrogens is 268 g/mol. The van der Waals surface area contributed by atoms with Gasteiger partial charge in [0.05, 0.1) is 6.33 Å². The summed E-state index contributed by atoms with van der Waals surface area (Å²) in [6.07, 6.45) is 9.00. The number of nitrogens with zero attached hydrogens (tertiary/aromatic N) is 3. The van der Waals surface area contributed by atoms with Gasteiger partial charge in [-0.05, 0) is 30.9 Å². The van der Waals surface area contributed by atoms with Crippen LogP contribution in [0.4, 0.5) is 0 Å². The topological polar surface area (TPSA) is 71.0 Å². The quantitative estimate of drug-likeness (QED) is 0.919. The predicted octanol–water partition coefficient (Wildman–Crippen LogP) is 1.12. The molecule has 0 spiro atoms. The number of piperidine rings is 1. The minimum absolute atomic E-state index is 0.169. The van der Waals surface area contributed by atoms with Crippen LogP contribution in [-0.4, -0.2) is 38.4 Å². The average Bonchev–Trinajstić information content (AvgIpc) is 3.01. The molecule has 1 aliphatic heterocycles. The van der Waals surface area contributed by atoms with Crippen LogP contribution in [0, 0.1) is 5.92 Å². The lowest BCUT2D eigenvalue weighted by Gasteiger charge is -2.32. The fourth-order valence-corrected chi connectivity index (χ4v) is 2.77. The smallest absolute Gasteiger partial charge is 0.260 e. The lowest BCUT2D eigenvalue weighted by molar-refractivity contribution is 0.0681. The van der Waals surface area contributed by atoms with Crippen molar-refractivity contribution in [1.82, 2.24) is 19.4 Å². The van der Waals surface area contributed by atoms with Gasteiger partial charge in [0, 0.05) is 38.2 Å². The van der Waals surface area contributed by atoms with Gasteiger partial charge in [-0.3, -0.25) is 9.59 Å². The summed E-state index contributed by atoms with van der Waals surface area (Å²) in [6.45, 7) is 2.34. The van der Waals surface area contributed by atoms with Gasteiger partial charge in [-0.2, -0.15) is 0 Å². The molecule has 3 heterocycles. The molecule has 0 saturated carbocycles. The summed E-state index contributed by atoms with van der Waals surface area (Å²) in [5.41, 5.74) is -0.0893. The molecule has 0 unspecified atom stereocenters. The number of imidazole rings is 1. The molecule has 1 N–H and O–H groups in total. The monoisotopic (exact) mass is 286 g/mol. The van der Waals surface area contributed by atoms with Crippen LogP contribution in [-0.2, 0) is 6.54 Å². The molecular formula is C15H18N4O2. The van der Waals surface area contributed by atoms with Crippen molar-refractivity contribution in [2.45, 2.75) is 19.4 Å². The molecule has 1 fully saturated rings. The Labute approximate surface area is 122 Å². The maximum atomic E-state index is 12.3. The minimum atomic E-state index is -0.317. The van der Waals surface area contributed by atoms with Crippen molar-refractivity contribution in [3.63, 3.8) is 0 Å². The molecule has 0 aromatic carbocycles. The number of carbonyl (C=O) groups is 1. The number of likely N-dealkylation sites (tertiary alicyclic amines) is 1. The first kappa shape index (κ1) is 13.6. The number of hydrogen-bond donors (Lipinski definition) is 1. The molecule has 0 radical (unpaired) electrons. The Morgan fingerprint density at radius 2 is 2.19 bits per heavy atom. The Morgan fingerprint density at radius 1 is 1.38 bits per heavy atom. The average molecular weight is 286 g/mol. The summed E-state index contributed by atoms with van der Waals surface area (Å²) in [7, 11) is 0. The van der Waals surface area contributed by atoms with Crippen molar-refractivity contribution in [1.29, 1.82) is 0 Å². The van der Waals surface area contributed by atoms with Crippen molar-refractivity contribution in [3.8, 4) is 0 Å². The summed E-state index contributed by atoms with van der Waals surface area (Å²) in [5.74, 6) is 0.384. The van der Waals surface area contributed by atoms with Crippen LogP contribution >= 0.6 is 0 Å². The number of aromatic amines is 1. The Bertz CT molecular complexity index is 654. The molecule has 1 amide bonds. The summed E-state index contributed by atoms with van der Waals surface area (Å²) < 4.78 is 2.07. The van der Waals surface area contributed by atoms with Crippen LogP contribution in [0.25, 0.3) is 0 Å². The fourth-order valence-electron chi connectivity index (χ4n) is 2.77. The van der Waals surface area contributed by atoms with Gasteiger partial charge in [-0.15, -0.1) is 0 Å². The second-order valence-electron chi connectivity index (χ2n) is 5.41. The van der Waals surface area contributed by atoms with Gasteiger partial charge >= 0.3 is 0 Å². The minimum Gasteiger partial charge on any atom is -0.338 e. The van der Waals surface area contributed by atoms with E-state index in [0.717, 1.165) is 19.4 Å². The molecule has 1 aliphatic rings. The Balaban J connectivity index is 1.59. The molecule has 3 rings (SSSR count). The number of H-pyrrole nitrogens is 1. The van der Waals surface area contributed by atoms with Crippen molar-refractivity contribution in [3.05, 3.63) is 53.0 Å². The molecule has 21 heavy (non-hydrogen) atoms. The van der Waals surface area contributed by atoms with Gasteiger partial charge in [0.2, 0.25) is 0 Å². The van der Waals surface area contributed by atoms with E-state index in [9.17, 15) is 9.59 Å². The SMILES string of the molecule is O=C(c1ccc[nH]c1=O)N1CCC(Cn2ccnc2)CC1. The van der Waals surface area contributed by atoms with Gasteiger partial charge in [-0.25, -0.2) is 4.98 Å². The van der Waals surface area contributed by atoms with Gasteiger partial charge in [0.15, 0.2) is 0 Å². The molecule has 6 nitrogen and oxygen atoms in total. The number of amides is 1. The molecule has 0 bridgehead atoms. The third-order valence-corrected chi connectivity index (χ3v) is 3.98. The zero-order valence-electron chi connectivity index (χ0n) is 11.7. The summed E-state index contributed by atoms with van der Waals surface area (Å²) in [4.78, 5) is 32.4. The molecule has 6 heteroatoms. The second-order valence-corrected chi connectivity index (χ2v) is 5.41. The zero-order chi connectivity index (χ0) is 14.7. The van der Waals surface area contributed by atoms with Crippen molar-refractivity contribution in [2.24, 2.45) is 5.92 Å². The van der Waals surface area contributed by atoms with Crippen LogP contribution in [0.3, 0.4) is 0 Å². The maximum Gasteiger partial charge on any atom is 0.260 e. The maximum absolute atomic E-state index is 12.3. The van der Waals surface area contributed by atoms with Crippen molar-refractivity contribution in [2.75, 3.05) is 13.1 Å². The molecule has 110 valence electrons. The Kier molecular flexibility index (Phi) is 3.85. The largest absolute Gasteiger partial charge is 0.338 e. The molecule has 0 atom stereocenters. The standard InChI is InChI=1S/C15H18N4O2/c20-14-13(2-1-5-17-14)15(21)19-7-3-12(4-8-19)10-18-9-6-16-11-18/h1-2,5-6,9,11-12H,3-4,7-8,10H2,(H,17,20). The Hall–Kier alpha value is -2.37. The van der Waals surface area contributed by atoms with Gasteiger partial charge in [0.1, 0.15) is 5.56 Å². The highest BCUT2D eigenvalue weighted by atomic mass is 16.2. The van der Waals surface area contributed by atoms with E-state index in [-0.39, 0.29) is 17.0 Å². The van der Waals surface area contributed by atoms with E-state index in [2.05, 4.69) is 14.5 Å². The van der Waals surface area contributed by atoms with E-state index < -0.39 is 0 Å². The first-order valence-corrected chi connectivity index (χ1v) is 7.17. The van der Waals surface area contributed by atoms with Crippen molar-refractivity contribution >= 4 is 5.91 Å². The van der Waals surface area contributed by atoms with Crippen LogP contribution in [0.5, 0.6) is 0 Å². The lowest BCUT2D eigenvalue weighted by Crippen LogP contribution is -2.41.